The van der Waals surface area contributed by atoms with Crippen molar-refractivity contribution in [2.24, 2.45) is 0 Å². The summed E-state index contributed by atoms with van der Waals surface area (Å²) >= 11 is 0. The van der Waals surface area contributed by atoms with Gasteiger partial charge in [0.15, 0.2) is 0 Å². The van der Waals surface area contributed by atoms with E-state index in [1.54, 1.807) is 13.0 Å². The van der Waals surface area contributed by atoms with Gasteiger partial charge < -0.3 is 5.11 Å². The summed E-state index contributed by atoms with van der Waals surface area (Å²) < 4.78 is 0. The van der Waals surface area contributed by atoms with E-state index in [0.29, 0.717) is 5.76 Å². The van der Waals surface area contributed by atoms with E-state index in [-0.39, 0.29) is 0 Å². The first-order valence-electron chi connectivity index (χ1n) is 3.89. The van der Waals surface area contributed by atoms with Crippen LogP contribution in [-0.4, -0.2) is 5.11 Å². The molecule has 1 N–H and O–H groups in total. The van der Waals surface area contributed by atoms with Gasteiger partial charge in [0.25, 0.3) is 0 Å². The molecular formula is C10H16O. The molecule has 0 aliphatic carbocycles. The summed E-state index contributed by atoms with van der Waals surface area (Å²) in [6.07, 6.45) is 8.63. The van der Waals surface area contributed by atoms with Gasteiger partial charge in [-0.25, -0.2) is 0 Å². The highest BCUT2D eigenvalue weighted by atomic mass is 16.3. The van der Waals surface area contributed by atoms with Crippen LogP contribution >= 0.6 is 0 Å². The Labute approximate surface area is 68.7 Å². The van der Waals surface area contributed by atoms with E-state index in [1.807, 2.05) is 19.1 Å². The molecule has 0 aromatic rings. The van der Waals surface area contributed by atoms with Gasteiger partial charge in [-0.05, 0) is 26.3 Å². The Kier molecular flexibility index (Phi) is 5.26. The average molecular weight is 152 g/mol. The van der Waals surface area contributed by atoms with Gasteiger partial charge in [-0.2, -0.15) is 0 Å². The molecule has 0 aliphatic rings. The lowest BCUT2D eigenvalue weighted by Crippen LogP contribution is -1.72. The molecule has 62 valence electrons. The first kappa shape index (κ1) is 10.0. The lowest BCUT2D eigenvalue weighted by molar-refractivity contribution is 0.414. The Bertz CT molecular complexity index is 181. The van der Waals surface area contributed by atoms with E-state index in [2.05, 4.69) is 13.0 Å². The molecule has 0 atom stereocenters. The van der Waals surface area contributed by atoms with E-state index >= 15 is 0 Å². The van der Waals surface area contributed by atoms with Crippen molar-refractivity contribution in [2.75, 3.05) is 0 Å². The van der Waals surface area contributed by atoms with Gasteiger partial charge in [0.1, 0.15) is 0 Å². The van der Waals surface area contributed by atoms with Gasteiger partial charge in [0.05, 0.1) is 5.76 Å². The van der Waals surface area contributed by atoms with Crippen molar-refractivity contribution in [1.29, 1.82) is 0 Å². The van der Waals surface area contributed by atoms with Crippen molar-refractivity contribution in [3.8, 4) is 0 Å². The van der Waals surface area contributed by atoms with E-state index in [0.717, 1.165) is 6.42 Å². The van der Waals surface area contributed by atoms with Gasteiger partial charge in [0, 0.05) is 0 Å². The topological polar surface area (TPSA) is 20.2 Å². The van der Waals surface area contributed by atoms with Crippen molar-refractivity contribution in [3.63, 3.8) is 0 Å². The first-order valence-corrected chi connectivity index (χ1v) is 3.89. The van der Waals surface area contributed by atoms with Crippen LogP contribution in [0, 0.1) is 0 Å². The normalized spacial score (nSPS) is 14.5. The predicted octanol–water partition coefficient (Wildman–Crippen LogP) is 3.36. The van der Waals surface area contributed by atoms with E-state index in [4.69, 9.17) is 5.11 Å². The van der Waals surface area contributed by atoms with Crippen molar-refractivity contribution < 1.29 is 5.11 Å². The van der Waals surface area contributed by atoms with Crippen LogP contribution in [0.15, 0.2) is 35.6 Å². The molecule has 11 heavy (non-hydrogen) atoms. The van der Waals surface area contributed by atoms with Gasteiger partial charge in [-0.1, -0.05) is 30.7 Å². The molecule has 0 aromatic heterocycles. The van der Waals surface area contributed by atoms with Crippen molar-refractivity contribution >= 4 is 0 Å². The molecule has 0 saturated carbocycles. The first-order chi connectivity index (χ1) is 5.20. The fraction of sp³-hybridized carbons (Fsp3) is 0.400. The SMILES string of the molecule is C\C=C(/C=C\C=C(/C)O)CC. The number of hydrogen-bond acceptors (Lipinski definition) is 1. The average Bonchev–Trinajstić information content (AvgIpc) is 1.98. The lowest BCUT2D eigenvalue weighted by Gasteiger charge is -1.91. The summed E-state index contributed by atoms with van der Waals surface area (Å²) in [4.78, 5) is 0. The highest BCUT2D eigenvalue weighted by Crippen LogP contribution is 2.01. The van der Waals surface area contributed by atoms with Crippen LogP contribution in [0.4, 0.5) is 0 Å². The molecule has 0 radical (unpaired) electrons. The van der Waals surface area contributed by atoms with Crippen LogP contribution in [0.1, 0.15) is 27.2 Å². The predicted molar refractivity (Wildman–Crippen MR) is 49.6 cm³/mol. The molecule has 0 rings (SSSR count). The molecule has 0 aromatic carbocycles. The third-order valence-electron chi connectivity index (χ3n) is 1.43. The fourth-order valence-electron chi connectivity index (χ4n) is 0.729. The Hall–Kier alpha value is -0.980. The fourth-order valence-corrected chi connectivity index (χ4v) is 0.729. The number of hydrogen-bond donors (Lipinski definition) is 1. The maximum atomic E-state index is 8.80. The van der Waals surface area contributed by atoms with Gasteiger partial charge in [-0.15, -0.1) is 0 Å². The number of aliphatic hydroxyl groups excluding tert-OH is 1. The quantitative estimate of drug-likeness (QED) is 0.485. The summed E-state index contributed by atoms with van der Waals surface area (Å²) in [5.41, 5.74) is 1.28. The van der Waals surface area contributed by atoms with Crippen LogP contribution in [0.2, 0.25) is 0 Å². The minimum Gasteiger partial charge on any atom is -0.513 e. The van der Waals surface area contributed by atoms with Crippen LogP contribution in [0.3, 0.4) is 0 Å². The highest BCUT2D eigenvalue weighted by Gasteiger charge is 1.82. The second-order valence-corrected chi connectivity index (χ2v) is 2.38. The Morgan fingerprint density at radius 2 is 2.09 bits per heavy atom. The largest absolute Gasteiger partial charge is 0.513 e. The summed E-state index contributed by atoms with van der Waals surface area (Å²) in [7, 11) is 0. The number of rotatable bonds is 3. The maximum Gasteiger partial charge on any atom is 0.0891 e. The number of allylic oxidation sites excluding steroid dienone is 6. The second kappa shape index (κ2) is 5.78. The van der Waals surface area contributed by atoms with Gasteiger partial charge in [-0.3, -0.25) is 0 Å². The zero-order valence-corrected chi connectivity index (χ0v) is 7.46. The van der Waals surface area contributed by atoms with Crippen LogP contribution in [0.25, 0.3) is 0 Å². The minimum atomic E-state index is 0.341. The molecule has 0 aliphatic heterocycles. The Balaban J connectivity index is 4.02. The molecule has 0 saturated heterocycles. The highest BCUT2D eigenvalue weighted by molar-refractivity contribution is 5.21. The Morgan fingerprint density at radius 1 is 1.45 bits per heavy atom. The third-order valence-corrected chi connectivity index (χ3v) is 1.43. The number of aliphatic hydroxyl groups is 1. The van der Waals surface area contributed by atoms with Crippen LogP contribution < -0.4 is 0 Å². The molecule has 0 amide bonds. The standard InChI is InChI=1S/C10H16O/c1-4-10(5-2)8-6-7-9(3)11/h4,6-8,11H,5H2,1-3H3/b8-6-,9-7+,10-4-. The molecule has 0 spiro atoms. The molecule has 0 fully saturated rings. The van der Waals surface area contributed by atoms with Gasteiger partial charge >= 0.3 is 0 Å². The monoisotopic (exact) mass is 152 g/mol. The molecule has 1 heteroatoms. The smallest absolute Gasteiger partial charge is 0.0891 e. The summed E-state index contributed by atoms with van der Waals surface area (Å²) in [5.74, 6) is 0.341. The van der Waals surface area contributed by atoms with E-state index < -0.39 is 0 Å². The van der Waals surface area contributed by atoms with Gasteiger partial charge in [0.2, 0.25) is 0 Å². The van der Waals surface area contributed by atoms with Crippen molar-refractivity contribution in [3.05, 3.63) is 35.6 Å². The van der Waals surface area contributed by atoms with Crippen LogP contribution in [0.5, 0.6) is 0 Å². The molecule has 0 unspecified atom stereocenters. The third kappa shape index (κ3) is 5.46. The lowest BCUT2D eigenvalue weighted by atomic mass is 10.2. The molecular weight excluding hydrogens is 136 g/mol. The summed E-state index contributed by atoms with van der Waals surface area (Å²) in [6, 6.07) is 0. The minimum absolute atomic E-state index is 0.341. The summed E-state index contributed by atoms with van der Waals surface area (Å²) in [5, 5.41) is 8.80. The Morgan fingerprint density at radius 3 is 2.45 bits per heavy atom. The van der Waals surface area contributed by atoms with E-state index in [1.165, 1.54) is 5.57 Å². The zero-order valence-electron chi connectivity index (χ0n) is 7.46. The van der Waals surface area contributed by atoms with Crippen molar-refractivity contribution in [2.45, 2.75) is 27.2 Å². The van der Waals surface area contributed by atoms with E-state index in [9.17, 15) is 0 Å². The maximum absolute atomic E-state index is 8.80. The second-order valence-electron chi connectivity index (χ2n) is 2.38. The molecule has 1 nitrogen and oxygen atoms in total. The van der Waals surface area contributed by atoms with Crippen molar-refractivity contribution in [1.82, 2.24) is 0 Å². The summed E-state index contributed by atoms with van der Waals surface area (Å²) in [6.45, 7) is 5.78. The molecule has 0 heterocycles. The zero-order chi connectivity index (χ0) is 8.69. The van der Waals surface area contributed by atoms with Crippen LogP contribution in [-0.2, 0) is 0 Å². The molecule has 0 bridgehead atoms.